The third-order valence-electron chi connectivity index (χ3n) is 2.89. The zero-order chi connectivity index (χ0) is 16.8. The van der Waals surface area contributed by atoms with Gasteiger partial charge in [0.15, 0.2) is 6.61 Å². The molecule has 0 bridgehead atoms. The van der Waals surface area contributed by atoms with Crippen LogP contribution in [0.4, 0.5) is 0 Å². The van der Waals surface area contributed by atoms with Gasteiger partial charge in [-0.05, 0) is 37.3 Å². The zero-order valence-electron chi connectivity index (χ0n) is 12.2. The number of nitrogens with zero attached hydrogens (tertiary/aromatic N) is 1. The molecule has 7 heteroatoms. The van der Waals surface area contributed by atoms with Crippen molar-refractivity contribution >= 4 is 34.8 Å². The van der Waals surface area contributed by atoms with Gasteiger partial charge in [0, 0.05) is 10.6 Å². The summed E-state index contributed by atoms with van der Waals surface area (Å²) in [6, 6.07) is 11.4. The van der Waals surface area contributed by atoms with E-state index < -0.39 is 5.91 Å². The zero-order valence-corrected chi connectivity index (χ0v) is 13.7. The van der Waals surface area contributed by atoms with Crippen molar-refractivity contribution in [3.8, 4) is 11.5 Å². The molecular formula is C16H14Cl2N2O3. The Morgan fingerprint density at radius 1 is 1.26 bits per heavy atom. The summed E-state index contributed by atoms with van der Waals surface area (Å²) in [5, 5.41) is 14.4. The first-order chi connectivity index (χ1) is 11.0. The van der Waals surface area contributed by atoms with Crippen molar-refractivity contribution in [1.29, 1.82) is 0 Å². The Morgan fingerprint density at radius 3 is 2.70 bits per heavy atom. The molecule has 0 heterocycles. The average molecular weight is 353 g/mol. The summed E-state index contributed by atoms with van der Waals surface area (Å²) in [6.07, 6.45) is 0. The van der Waals surface area contributed by atoms with Gasteiger partial charge in [-0.2, -0.15) is 5.10 Å². The lowest BCUT2D eigenvalue weighted by Gasteiger charge is -2.08. The molecule has 0 unspecified atom stereocenters. The Balaban J connectivity index is 1.92. The van der Waals surface area contributed by atoms with Gasteiger partial charge in [-0.3, -0.25) is 4.79 Å². The number of hydrogen-bond acceptors (Lipinski definition) is 4. The molecular weight excluding hydrogens is 339 g/mol. The van der Waals surface area contributed by atoms with E-state index >= 15 is 0 Å². The molecule has 1 amide bonds. The number of aromatic hydroxyl groups is 1. The Kier molecular flexibility index (Phi) is 5.84. The van der Waals surface area contributed by atoms with Crippen LogP contribution in [-0.2, 0) is 4.79 Å². The molecule has 0 aliphatic heterocycles. The number of phenols is 1. The molecule has 2 aromatic carbocycles. The third-order valence-corrected chi connectivity index (χ3v) is 3.43. The molecule has 0 aliphatic rings. The van der Waals surface area contributed by atoms with Crippen molar-refractivity contribution in [3.63, 3.8) is 0 Å². The van der Waals surface area contributed by atoms with Crippen LogP contribution in [0.1, 0.15) is 12.5 Å². The number of nitrogens with one attached hydrogen (secondary N) is 1. The van der Waals surface area contributed by atoms with E-state index in [1.165, 1.54) is 6.07 Å². The van der Waals surface area contributed by atoms with Crippen molar-refractivity contribution in [2.24, 2.45) is 5.10 Å². The van der Waals surface area contributed by atoms with Crippen LogP contribution in [0.2, 0.25) is 10.0 Å². The number of ether oxygens (including phenoxy) is 1. The smallest absolute Gasteiger partial charge is 0.277 e. The van der Waals surface area contributed by atoms with Gasteiger partial charge < -0.3 is 9.84 Å². The molecule has 2 N–H and O–H groups in total. The summed E-state index contributed by atoms with van der Waals surface area (Å²) >= 11 is 11.7. The molecule has 2 rings (SSSR count). The molecule has 0 aliphatic carbocycles. The fraction of sp³-hybridized carbons (Fsp3) is 0.125. The van der Waals surface area contributed by atoms with Crippen LogP contribution in [0.25, 0.3) is 0 Å². The first-order valence-corrected chi connectivity index (χ1v) is 7.42. The van der Waals surface area contributed by atoms with Gasteiger partial charge in [0.25, 0.3) is 5.91 Å². The van der Waals surface area contributed by atoms with E-state index in [1.54, 1.807) is 43.3 Å². The number of halogens is 2. The lowest BCUT2D eigenvalue weighted by molar-refractivity contribution is -0.123. The first kappa shape index (κ1) is 17.1. The number of carbonyl (C=O) groups is 1. The van der Waals surface area contributed by atoms with E-state index in [-0.39, 0.29) is 12.4 Å². The number of phenolic OH excluding ortho intramolecular Hbond substituents is 1. The van der Waals surface area contributed by atoms with Crippen LogP contribution < -0.4 is 10.2 Å². The third kappa shape index (κ3) is 4.87. The summed E-state index contributed by atoms with van der Waals surface area (Å²) < 4.78 is 5.29. The molecule has 2 aromatic rings. The van der Waals surface area contributed by atoms with Gasteiger partial charge in [-0.15, -0.1) is 0 Å². The maximum absolute atomic E-state index is 11.7. The van der Waals surface area contributed by atoms with Crippen molar-refractivity contribution in [1.82, 2.24) is 5.43 Å². The van der Waals surface area contributed by atoms with Crippen LogP contribution in [0.3, 0.4) is 0 Å². The number of benzene rings is 2. The molecule has 0 aromatic heterocycles. The van der Waals surface area contributed by atoms with Crippen LogP contribution in [0.15, 0.2) is 47.6 Å². The van der Waals surface area contributed by atoms with Gasteiger partial charge in [-0.25, -0.2) is 5.43 Å². The van der Waals surface area contributed by atoms with Gasteiger partial charge in [0.1, 0.15) is 11.5 Å². The van der Waals surface area contributed by atoms with E-state index in [0.717, 1.165) is 0 Å². The summed E-state index contributed by atoms with van der Waals surface area (Å²) in [5.41, 5.74) is 3.36. The molecule has 0 atom stereocenters. The van der Waals surface area contributed by atoms with Gasteiger partial charge >= 0.3 is 0 Å². The Morgan fingerprint density at radius 2 is 2.00 bits per heavy atom. The van der Waals surface area contributed by atoms with E-state index in [1.807, 2.05) is 0 Å². The predicted octanol–water partition coefficient (Wildman–Crippen LogP) is 3.62. The normalized spacial score (nSPS) is 11.2. The van der Waals surface area contributed by atoms with Crippen LogP contribution in [-0.4, -0.2) is 23.3 Å². The summed E-state index contributed by atoms with van der Waals surface area (Å²) in [5.74, 6) is -0.00870. The van der Waals surface area contributed by atoms with E-state index in [4.69, 9.17) is 27.9 Å². The minimum absolute atomic E-state index is 0.0900. The van der Waals surface area contributed by atoms with Gasteiger partial charge in [0.05, 0.1) is 10.7 Å². The first-order valence-electron chi connectivity index (χ1n) is 6.66. The second-order valence-corrected chi connectivity index (χ2v) is 5.46. The molecule has 120 valence electrons. The highest BCUT2D eigenvalue weighted by Gasteiger charge is 2.07. The van der Waals surface area contributed by atoms with Crippen molar-refractivity contribution < 1.29 is 14.6 Å². The quantitative estimate of drug-likeness (QED) is 0.637. The number of carbonyl (C=O) groups excluding carboxylic acids is 1. The van der Waals surface area contributed by atoms with E-state index in [2.05, 4.69) is 10.5 Å². The fourth-order valence-corrected chi connectivity index (χ4v) is 2.22. The van der Waals surface area contributed by atoms with Gasteiger partial charge in [0.2, 0.25) is 0 Å². The number of para-hydroxylation sites is 1. The topological polar surface area (TPSA) is 70.9 Å². The molecule has 0 saturated carbocycles. The maximum Gasteiger partial charge on any atom is 0.277 e. The minimum Gasteiger partial charge on any atom is -0.507 e. The summed E-state index contributed by atoms with van der Waals surface area (Å²) in [4.78, 5) is 11.7. The van der Waals surface area contributed by atoms with Crippen molar-refractivity contribution in [2.75, 3.05) is 6.61 Å². The highest BCUT2D eigenvalue weighted by atomic mass is 35.5. The van der Waals surface area contributed by atoms with Crippen molar-refractivity contribution in [2.45, 2.75) is 6.92 Å². The van der Waals surface area contributed by atoms with Crippen LogP contribution >= 0.6 is 23.2 Å². The maximum atomic E-state index is 11.7. The lowest BCUT2D eigenvalue weighted by atomic mass is 10.1. The minimum atomic E-state index is -0.453. The molecule has 0 spiro atoms. The Hall–Kier alpha value is -2.24. The predicted molar refractivity (Wildman–Crippen MR) is 90.4 cm³/mol. The standard InChI is InChI=1S/C16H14Cl2N2O3/c1-10(12-4-2-3-5-14(12)21)19-20-16(22)9-23-15-7-6-11(17)8-13(15)18/h2-8,21H,9H2,1H3,(H,20,22)/b19-10+. The molecule has 0 saturated heterocycles. The second-order valence-electron chi connectivity index (χ2n) is 4.61. The number of amides is 1. The molecule has 0 radical (unpaired) electrons. The number of hydrazone groups is 1. The largest absolute Gasteiger partial charge is 0.507 e. The van der Waals surface area contributed by atoms with E-state index in [0.29, 0.717) is 27.1 Å². The molecule has 23 heavy (non-hydrogen) atoms. The summed E-state index contributed by atoms with van der Waals surface area (Å²) in [6.45, 7) is 1.42. The Labute approximate surface area is 143 Å². The monoisotopic (exact) mass is 352 g/mol. The highest BCUT2D eigenvalue weighted by molar-refractivity contribution is 6.35. The van der Waals surface area contributed by atoms with Crippen molar-refractivity contribution in [3.05, 3.63) is 58.1 Å². The van der Waals surface area contributed by atoms with Gasteiger partial charge in [-0.1, -0.05) is 35.3 Å². The SMILES string of the molecule is C/C(=N\NC(=O)COc1ccc(Cl)cc1Cl)c1ccccc1O. The fourth-order valence-electron chi connectivity index (χ4n) is 1.75. The molecule has 0 fully saturated rings. The summed E-state index contributed by atoms with van der Waals surface area (Å²) in [7, 11) is 0. The second kappa shape index (κ2) is 7.85. The number of hydrogen-bond donors (Lipinski definition) is 2. The molecule has 5 nitrogen and oxygen atoms in total. The number of rotatable bonds is 5. The highest BCUT2D eigenvalue weighted by Crippen LogP contribution is 2.27. The van der Waals surface area contributed by atoms with Crippen LogP contribution in [0.5, 0.6) is 11.5 Å². The average Bonchev–Trinajstić information content (AvgIpc) is 2.52. The lowest BCUT2D eigenvalue weighted by Crippen LogP contribution is -2.25. The Bertz CT molecular complexity index is 748. The van der Waals surface area contributed by atoms with Crippen LogP contribution in [0, 0.1) is 0 Å². The van der Waals surface area contributed by atoms with E-state index in [9.17, 15) is 9.90 Å².